The van der Waals surface area contributed by atoms with Gasteiger partial charge in [0.25, 0.3) is 0 Å². The third kappa shape index (κ3) is 4.14. The van der Waals surface area contributed by atoms with Crippen molar-refractivity contribution in [2.75, 3.05) is 18.4 Å². The fraction of sp³-hybridized carbons (Fsp3) is 0.333. The van der Waals surface area contributed by atoms with Crippen LogP contribution in [-0.4, -0.2) is 55.1 Å². The molecule has 3 aromatic heterocycles. The molecule has 0 aliphatic carbocycles. The van der Waals surface area contributed by atoms with Gasteiger partial charge in [0.1, 0.15) is 5.69 Å². The minimum absolute atomic E-state index is 0.0257. The lowest BCUT2D eigenvalue weighted by atomic mass is 9.99. The van der Waals surface area contributed by atoms with E-state index in [1.807, 2.05) is 48.5 Å². The number of aromatic amines is 1. The highest BCUT2D eigenvalue weighted by atomic mass is 16.2. The number of H-pyrrole nitrogens is 1. The highest BCUT2D eigenvalue weighted by Crippen LogP contribution is 2.34. The van der Waals surface area contributed by atoms with Gasteiger partial charge in [-0.3, -0.25) is 20.0 Å². The molecule has 8 nitrogen and oxygen atoms in total. The van der Waals surface area contributed by atoms with Gasteiger partial charge in [0, 0.05) is 60.4 Å². The third-order valence-corrected chi connectivity index (χ3v) is 7.21. The molecular formula is C27H29N7O. The van der Waals surface area contributed by atoms with Crippen molar-refractivity contribution in [3.8, 4) is 11.3 Å². The average Bonchev–Trinajstić information content (AvgIpc) is 3.26. The normalized spacial score (nSPS) is 18.5. The number of nitrogens with one attached hydrogen (secondary N) is 2. The van der Waals surface area contributed by atoms with Crippen LogP contribution in [-0.2, 0) is 13.1 Å². The Balaban J connectivity index is 1.25. The molecule has 2 aliphatic heterocycles. The number of nitrogens with zero attached hydrogens (tertiary/aromatic N) is 5. The topological polar surface area (TPSA) is 90.0 Å². The first-order valence-corrected chi connectivity index (χ1v) is 12.2. The van der Waals surface area contributed by atoms with Crippen molar-refractivity contribution in [3.63, 3.8) is 0 Å². The summed E-state index contributed by atoms with van der Waals surface area (Å²) in [4.78, 5) is 26.4. The maximum absolute atomic E-state index is 13.1. The van der Waals surface area contributed by atoms with Gasteiger partial charge in [0.2, 0.25) is 0 Å². The minimum atomic E-state index is -0.0257. The second-order valence-electron chi connectivity index (χ2n) is 9.67. The van der Waals surface area contributed by atoms with Crippen LogP contribution in [0.3, 0.4) is 0 Å². The van der Waals surface area contributed by atoms with E-state index in [0.717, 1.165) is 77.3 Å². The smallest absolute Gasteiger partial charge is 0.316 e. The van der Waals surface area contributed by atoms with Gasteiger partial charge >= 0.3 is 6.03 Å². The van der Waals surface area contributed by atoms with Crippen molar-refractivity contribution in [2.45, 2.75) is 45.8 Å². The maximum atomic E-state index is 13.1. The number of carbonyl (C=O) groups is 1. The first-order valence-electron chi connectivity index (χ1n) is 12.2. The van der Waals surface area contributed by atoms with Crippen LogP contribution in [0.25, 0.3) is 22.2 Å². The predicted octanol–water partition coefficient (Wildman–Crippen LogP) is 4.65. The van der Waals surface area contributed by atoms with Crippen LogP contribution in [0.2, 0.25) is 0 Å². The Kier molecular flexibility index (Phi) is 5.45. The van der Waals surface area contributed by atoms with Gasteiger partial charge in [-0.05, 0) is 74.7 Å². The summed E-state index contributed by atoms with van der Waals surface area (Å²) in [7, 11) is 0. The first kappa shape index (κ1) is 21.7. The van der Waals surface area contributed by atoms with Crippen molar-refractivity contribution in [1.29, 1.82) is 0 Å². The molecule has 2 N–H and O–H groups in total. The zero-order chi connectivity index (χ0) is 23.9. The van der Waals surface area contributed by atoms with Crippen molar-refractivity contribution < 1.29 is 4.79 Å². The molecule has 0 saturated carbocycles. The zero-order valence-corrected chi connectivity index (χ0v) is 20.1. The predicted molar refractivity (Wildman–Crippen MR) is 136 cm³/mol. The van der Waals surface area contributed by atoms with Crippen LogP contribution in [0.15, 0.2) is 48.8 Å². The van der Waals surface area contributed by atoms with E-state index in [2.05, 4.69) is 49.4 Å². The molecule has 5 heterocycles. The third-order valence-electron chi connectivity index (χ3n) is 7.21. The second-order valence-corrected chi connectivity index (χ2v) is 9.67. The van der Waals surface area contributed by atoms with Crippen LogP contribution >= 0.6 is 0 Å². The van der Waals surface area contributed by atoms with Crippen LogP contribution in [0.1, 0.15) is 35.4 Å². The minimum Gasteiger partial charge on any atom is -0.316 e. The number of pyridine rings is 2. The van der Waals surface area contributed by atoms with Gasteiger partial charge in [0.05, 0.1) is 11.2 Å². The molecule has 2 aliphatic rings. The van der Waals surface area contributed by atoms with Gasteiger partial charge in [-0.2, -0.15) is 5.10 Å². The molecular weight excluding hydrogens is 438 g/mol. The van der Waals surface area contributed by atoms with Gasteiger partial charge in [0.15, 0.2) is 0 Å². The summed E-state index contributed by atoms with van der Waals surface area (Å²) in [6.07, 6.45) is 5.75. The molecule has 1 fully saturated rings. The van der Waals surface area contributed by atoms with E-state index in [4.69, 9.17) is 0 Å². The number of hydrogen-bond acceptors (Lipinski definition) is 5. The summed E-state index contributed by atoms with van der Waals surface area (Å²) in [6.45, 7) is 7.39. The number of benzene rings is 1. The largest absolute Gasteiger partial charge is 0.322 e. The Morgan fingerprint density at radius 3 is 2.89 bits per heavy atom. The van der Waals surface area contributed by atoms with E-state index >= 15 is 0 Å². The highest BCUT2D eigenvalue weighted by molar-refractivity contribution is 6.00. The first-order chi connectivity index (χ1) is 17.0. The SMILES string of the molecule is Cc1cc(-c2n[nH]c3cc4c(cc23)CN([C@@H]2CCCN(Cc3ncccc3C)C2)C(=O)N4)ccn1. The average molecular weight is 468 g/mol. The number of amides is 2. The summed E-state index contributed by atoms with van der Waals surface area (Å²) in [5.41, 5.74) is 8.11. The van der Waals surface area contributed by atoms with E-state index in [-0.39, 0.29) is 12.1 Å². The quantitative estimate of drug-likeness (QED) is 0.456. The van der Waals surface area contributed by atoms with Crippen molar-refractivity contribution in [3.05, 3.63) is 71.3 Å². The lowest BCUT2D eigenvalue weighted by Crippen LogP contribution is -2.52. The molecule has 0 radical (unpaired) electrons. The van der Waals surface area contributed by atoms with Crippen LogP contribution in [0.4, 0.5) is 10.5 Å². The number of anilines is 1. The number of urea groups is 1. The number of rotatable bonds is 4. The van der Waals surface area contributed by atoms with Gasteiger partial charge in [-0.15, -0.1) is 0 Å². The number of piperidine rings is 1. The summed E-state index contributed by atoms with van der Waals surface area (Å²) in [5.74, 6) is 0. The Morgan fingerprint density at radius 1 is 1.11 bits per heavy atom. The molecule has 35 heavy (non-hydrogen) atoms. The Morgan fingerprint density at radius 2 is 2.03 bits per heavy atom. The van der Waals surface area contributed by atoms with Crippen molar-refractivity contribution in [1.82, 2.24) is 30.0 Å². The van der Waals surface area contributed by atoms with E-state index in [1.54, 1.807) is 0 Å². The Bertz CT molecular complexity index is 1410. The second kappa shape index (κ2) is 8.78. The Hall–Kier alpha value is -3.78. The van der Waals surface area contributed by atoms with Crippen LogP contribution < -0.4 is 5.32 Å². The summed E-state index contributed by atoms with van der Waals surface area (Å²) in [6, 6.07) is 12.4. The van der Waals surface area contributed by atoms with Crippen molar-refractivity contribution >= 4 is 22.6 Å². The number of likely N-dealkylation sites (tertiary alicyclic amines) is 1. The molecule has 1 atom stereocenters. The van der Waals surface area contributed by atoms with Crippen molar-refractivity contribution in [2.24, 2.45) is 0 Å². The number of hydrogen-bond donors (Lipinski definition) is 2. The standard InChI is InChI=1S/C27H29N7O/c1-17-5-3-8-29-25(17)16-33-10-4-6-21(15-33)34-14-20-12-22-24(13-23(20)30-27(34)35)31-32-26(22)19-7-9-28-18(2)11-19/h3,5,7-9,11-13,21H,4,6,10,14-16H2,1-2H3,(H,30,35)(H,31,32)/t21-/m1/s1. The van der Waals surface area contributed by atoms with Crippen LogP contribution in [0, 0.1) is 13.8 Å². The molecule has 8 heteroatoms. The molecule has 4 aromatic rings. The summed E-state index contributed by atoms with van der Waals surface area (Å²) < 4.78 is 0. The number of fused-ring (bicyclic) bond motifs is 2. The van der Waals surface area contributed by atoms with E-state index < -0.39 is 0 Å². The fourth-order valence-electron chi connectivity index (χ4n) is 5.33. The van der Waals surface area contributed by atoms with E-state index in [1.165, 1.54) is 5.56 Å². The fourth-order valence-corrected chi connectivity index (χ4v) is 5.33. The van der Waals surface area contributed by atoms with Gasteiger partial charge in [-0.1, -0.05) is 6.07 Å². The van der Waals surface area contributed by atoms with Gasteiger partial charge in [-0.25, -0.2) is 4.79 Å². The molecule has 1 saturated heterocycles. The van der Waals surface area contributed by atoms with E-state index in [0.29, 0.717) is 6.54 Å². The molecule has 2 amide bonds. The zero-order valence-electron chi connectivity index (χ0n) is 20.1. The molecule has 0 spiro atoms. The van der Waals surface area contributed by atoms with E-state index in [9.17, 15) is 4.79 Å². The Labute approximate surface area is 204 Å². The number of aryl methyl sites for hydroxylation is 2. The number of carbonyl (C=O) groups excluding carboxylic acids is 1. The monoisotopic (exact) mass is 467 g/mol. The maximum Gasteiger partial charge on any atom is 0.322 e. The lowest BCUT2D eigenvalue weighted by molar-refractivity contribution is 0.107. The molecule has 0 bridgehead atoms. The van der Waals surface area contributed by atoms with Gasteiger partial charge < -0.3 is 10.2 Å². The molecule has 0 unspecified atom stereocenters. The molecule has 178 valence electrons. The molecule has 6 rings (SSSR count). The lowest BCUT2D eigenvalue weighted by Gasteiger charge is -2.41. The summed E-state index contributed by atoms with van der Waals surface area (Å²) in [5, 5.41) is 11.9. The molecule has 1 aromatic carbocycles. The van der Waals surface area contributed by atoms with Crippen LogP contribution in [0.5, 0.6) is 0 Å². The number of aromatic nitrogens is 4. The summed E-state index contributed by atoms with van der Waals surface area (Å²) >= 11 is 0. The highest BCUT2D eigenvalue weighted by Gasteiger charge is 2.33.